The highest BCUT2D eigenvalue weighted by Gasteiger charge is 2.35. The standard InChI is InChI=1S/C57H51BN2/c1-55(2,3)38-22-25-51-44(30-38)46-31-39(56(4,5)6)32-49-54(46)60(51)52-29-37(34-16-10-9-11-17-34)27-45(53(52)58-49)43-26-35-18-12-13-19-36(35)28-50(43)59-40-23-24-48-42(33-40)41-20-14-15-21-47(41)57(48,7)8/h9-33,58-59H,1-8H3. The molecule has 0 bridgehead atoms. The maximum Gasteiger partial charge on any atom is 0.198 e. The van der Waals surface area contributed by atoms with Crippen molar-refractivity contribution in [2.45, 2.75) is 71.6 Å². The molecule has 1 aliphatic carbocycles. The molecule has 0 saturated heterocycles. The number of nitrogens with one attached hydrogen (secondary N) is 1. The lowest BCUT2D eigenvalue weighted by molar-refractivity contribution is 0.590. The molecule has 1 aromatic heterocycles. The zero-order chi connectivity index (χ0) is 41.3. The van der Waals surface area contributed by atoms with E-state index in [9.17, 15) is 0 Å². The summed E-state index contributed by atoms with van der Waals surface area (Å²) < 4.78 is 2.60. The van der Waals surface area contributed by atoms with Crippen molar-refractivity contribution in [3.63, 3.8) is 0 Å². The summed E-state index contributed by atoms with van der Waals surface area (Å²) in [6.45, 7) is 18.7. The van der Waals surface area contributed by atoms with E-state index >= 15 is 0 Å². The number of anilines is 2. The predicted octanol–water partition coefficient (Wildman–Crippen LogP) is 13.6. The Balaban J connectivity index is 1.19. The van der Waals surface area contributed by atoms with Crippen LogP contribution in [0.15, 0.2) is 152 Å². The van der Waals surface area contributed by atoms with Crippen molar-refractivity contribution < 1.29 is 0 Å². The van der Waals surface area contributed by atoms with Gasteiger partial charge in [0.05, 0.1) is 5.52 Å². The average Bonchev–Trinajstić information content (AvgIpc) is 3.68. The van der Waals surface area contributed by atoms with Crippen molar-refractivity contribution in [1.29, 1.82) is 0 Å². The first-order valence-electron chi connectivity index (χ1n) is 21.6. The van der Waals surface area contributed by atoms with Gasteiger partial charge in [-0.15, -0.1) is 0 Å². The SMILES string of the molecule is CC(C)(C)c1ccc2c(c1)c1cc(C(C)(C)C)cc3c1n2-c1cc(-c2ccccc2)cc(-c2cc4ccccc4cc2Nc2ccc4c(c2)-c2ccccc2C4(C)C)c1B3. The van der Waals surface area contributed by atoms with Crippen molar-refractivity contribution in [3.8, 4) is 39.1 Å². The monoisotopic (exact) mass is 774 g/mol. The van der Waals surface area contributed by atoms with Gasteiger partial charge in [-0.25, -0.2) is 0 Å². The van der Waals surface area contributed by atoms with Crippen molar-refractivity contribution >= 4 is 62.2 Å². The summed E-state index contributed by atoms with van der Waals surface area (Å²) >= 11 is 0. The number of benzene rings is 8. The molecule has 0 atom stereocenters. The van der Waals surface area contributed by atoms with E-state index in [2.05, 4.69) is 217 Å². The van der Waals surface area contributed by atoms with Crippen LogP contribution in [0.2, 0.25) is 0 Å². The molecule has 3 heteroatoms. The van der Waals surface area contributed by atoms with Crippen LogP contribution >= 0.6 is 0 Å². The van der Waals surface area contributed by atoms with Crippen molar-refractivity contribution in [1.82, 2.24) is 4.57 Å². The summed E-state index contributed by atoms with van der Waals surface area (Å²) in [5, 5.41) is 9.16. The minimum absolute atomic E-state index is 0.00203. The van der Waals surface area contributed by atoms with Crippen molar-refractivity contribution in [3.05, 3.63) is 174 Å². The largest absolute Gasteiger partial charge is 0.355 e. The highest BCUT2D eigenvalue weighted by atomic mass is 15.0. The van der Waals surface area contributed by atoms with E-state index in [0.29, 0.717) is 0 Å². The molecule has 9 aromatic rings. The van der Waals surface area contributed by atoms with Gasteiger partial charge in [0, 0.05) is 44.3 Å². The molecule has 11 rings (SSSR count). The fraction of sp³-hybridized carbons (Fsp3) is 0.193. The molecule has 1 N–H and O–H groups in total. The summed E-state index contributed by atoms with van der Waals surface area (Å²) in [6, 6.07) is 57.5. The number of hydrogen-bond acceptors (Lipinski definition) is 1. The summed E-state index contributed by atoms with van der Waals surface area (Å²) in [4.78, 5) is 0. The van der Waals surface area contributed by atoms with Gasteiger partial charge in [0.1, 0.15) is 0 Å². The van der Waals surface area contributed by atoms with E-state index in [-0.39, 0.29) is 16.2 Å². The molecule has 60 heavy (non-hydrogen) atoms. The lowest BCUT2D eigenvalue weighted by Gasteiger charge is -2.27. The highest BCUT2D eigenvalue weighted by molar-refractivity contribution is 6.73. The summed E-state index contributed by atoms with van der Waals surface area (Å²) in [6.07, 6.45) is 0. The molecule has 0 spiro atoms. The fourth-order valence-electron chi connectivity index (χ4n) is 10.3. The van der Waals surface area contributed by atoms with Crippen LogP contribution in [-0.4, -0.2) is 11.8 Å². The van der Waals surface area contributed by atoms with Crippen LogP contribution in [0.25, 0.3) is 71.6 Å². The van der Waals surface area contributed by atoms with Crippen LogP contribution in [0.3, 0.4) is 0 Å². The number of fused-ring (bicyclic) bond motifs is 9. The number of hydrogen-bond donors (Lipinski definition) is 1. The molecule has 0 fully saturated rings. The van der Waals surface area contributed by atoms with Gasteiger partial charge < -0.3 is 9.88 Å². The molecular formula is C57H51BN2. The van der Waals surface area contributed by atoms with Gasteiger partial charge in [-0.2, -0.15) is 0 Å². The third-order valence-electron chi connectivity index (χ3n) is 13.7. The second kappa shape index (κ2) is 12.8. The Kier molecular flexibility index (Phi) is 7.86. The van der Waals surface area contributed by atoms with Gasteiger partial charge in [0.25, 0.3) is 0 Å². The molecule has 292 valence electrons. The Morgan fingerprint density at radius 2 is 1.20 bits per heavy atom. The maximum atomic E-state index is 4.02. The van der Waals surface area contributed by atoms with Gasteiger partial charge in [0.15, 0.2) is 7.28 Å². The first-order chi connectivity index (χ1) is 28.7. The lowest BCUT2D eigenvalue weighted by atomic mass is 9.58. The Morgan fingerprint density at radius 3 is 1.97 bits per heavy atom. The van der Waals surface area contributed by atoms with E-state index in [1.54, 1.807) is 0 Å². The number of rotatable bonds is 4. The molecule has 2 nitrogen and oxygen atoms in total. The second-order valence-corrected chi connectivity index (χ2v) is 20.0. The van der Waals surface area contributed by atoms with Gasteiger partial charge >= 0.3 is 0 Å². The Labute approximate surface area is 355 Å². The predicted molar refractivity (Wildman–Crippen MR) is 260 cm³/mol. The van der Waals surface area contributed by atoms with Crippen LogP contribution in [0.1, 0.15) is 77.6 Å². The maximum absolute atomic E-state index is 4.02. The van der Waals surface area contributed by atoms with Gasteiger partial charge in [-0.3, -0.25) is 0 Å². The molecular weight excluding hydrogens is 723 g/mol. The number of nitrogens with zero attached hydrogens (tertiary/aromatic N) is 1. The van der Waals surface area contributed by atoms with E-state index in [1.165, 1.54) is 105 Å². The molecule has 0 amide bonds. The molecule has 8 aromatic carbocycles. The Bertz CT molecular complexity index is 3240. The molecule has 2 aliphatic rings. The van der Waals surface area contributed by atoms with E-state index in [4.69, 9.17) is 0 Å². The summed E-state index contributed by atoms with van der Waals surface area (Å²) in [5.41, 5.74) is 21.9. The Morgan fingerprint density at radius 1 is 0.517 bits per heavy atom. The molecule has 2 heterocycles. The third kappa shape index (κ3) is 5.62. The van der Waals surface area contributed by atoms with Crippen LogP contribution in [0, 0.1) is 0 Å². The summed E-state index contributed by atoms with van der Waals surface area (Å²) in [5.74, 6) is 0. The smallest absolute Gasteiger partial charge is 0.198 e. The molecule has 0 radical (unpaired) electrons. The van der Waals surface area contributed by atoms with Crippen LogP contribution in [0.4, 0.5) is 11.4 Å². The zero-order valence-electron chi connectivity index (χ0n) is 36.1. The normalized spacial score (nSPS) is 13.9. The zero-order valence-corrected chi connectivity index (χ0v) is 36.1. The van der Waals surface area contributed by atoms with E-state index < -0.39 is 0 Å². The molecule has 0 unspecified atom stereocenters. The second-order valence-electron chi connectivity index (χ2n) is 20.0. The van der Waals surface area contributed by atoms with Crippen LogP contribution < -0.4 is 16.2 Å². The topological polar surface area (TPSA) is 17.0 Å². The first kappa shape index (κ1) is 36.7. The minimum atomic E-state index is -0.0407. The minimum Gasteiger partial charge on any atom is -0.355 e. The fourth-order valence-corrected chi connectivity index (χ4v) is 10.3. The van der Waals surface area contributed by atoms with Gasteiger partial charge in [-0.05, 0) is 132 Å². The van der Waals surface area contributed by atoms with E-state index in [1.807, 2.05) is 0 Å². The Hall–Kier alpha value is -6.32. The lowest BCUT2D eigenvalue weighted by Crippen LogP contribution is -2.38. The molecule has 1 aliphatic heterocycles. The first-order valence-corrected chi connectivity index (χ1v) is 21.6. The third-order valence-corrected chi connectivity index (χ3v) is 13.7. The van der Waals surface area contributed by atoms with Crippen molar-refractivity contribution in [2.75, 3.05) is 5.32 Å². The number of aromatic nitrogens is 1. The van der Waals surface area contributed by atoms with E-state index in [0.717, 1.165) is 18.7 Å². The van der Waals surface area contributed by atoms with Crippen LogP contribution in [0.5, 0.6) is 0 Å². The quantitative estimate of drug-likeness (QED) is 0.176. The highest BCUT2D eigenvalue weighted by Crippen LogP contribution is 2.50. The molecule has 0 saturated carbocycles. The summed E-state index contributed by atoms with van der Waals surface area (Å²) in [7, 11) is 0.847. The van der Waals surface area contributed by atoms with Gasteiger partial charge in [0.2, 0.25) is 0 Å². The average molecular weight is 775 g/mol. The van der Waals surface area contributed by atoms with Crippen LogP contribution in [-0.2, 0) is 16.2 Å². The van der Waals surface area contributed by atoms with Gasteiger partial charge in [-0.1, -0.05) is 158 Å². The van der Waals surface area contributed by atoms with Crippen molar-refractivity contribution in [2.24, 2.45) is 0 Å².